The van der Waals surface area contributed by atoms with Crippen LogP contribution < -0.4 is 0 Å². The molecule has 90 valence electrons. The normalized spacial score (nSPS) is 13.2. The maximum atomic E-state index is 11.7. The molecule has 2 aromatic carbocycles. The molecule has 0 fully saturated rings. The first-order valence-corrected chi connectivity index (χ1v) is 6.98. The minimum absolute atomic E-state index is 1.05. The third kappa shape index (κ3) is 4.24. The SMILES string of the molecule is [O-][S+](C=Cc1ccccc1)C=Cc1ccccc1. The van der Waals surface area contributed by atoms with E-state index in [1.807, 2.05) is 72.8 Å². The van der Waals surface area contributed by atoms with Crippen LogP contribution in [0.5, 0.6) is 0 Å². The van der Waals surface area contributed by atoms with Gasteiger partial charge < -0.3 is 4.55 Å². The fourth-order valence-corrected chi connectivity index (χ4v) is 2.14. The largest absolute Gasteiger partial charge is 0.607 e. The summed E-state index contributed by atoms with van der Waals surface area (Å²) in [7, 11) is 0. The van der Waals surface area contributed by atoms with E-state index in [0.29, 0.717) is 0 Å². The van der Waals surface area contributed by atoms with Crippen molar-refractivity contribution in [2.45, 2.75) is 0 Å². The molecule has 0 aliphatic rings. The van der Waals surface area contributed by atoms with E-state index in [1.165, 1.54) is 0 Å². The van der Waals surface area contributed by atoms with E-state index in [0.717, 1.165) is 11.1 Å². The molecule has 2 aromatic rings. The molecule has 0 N–H and O–H groups in total. The molecule has 2 heteroatoms. The predicted octanol–water partition coefficient (Wildman–Crippen LogP) is 4.08. The van der Waals surface area contributed by atoms with Crippen LogP contribution in [0.25, 0.3) is 12.2 Å². The van der Waals surface area contributed by atoms with E-state index >= 15 is 0 Å². The second-order valence-corrected chi connectivity index (χ2v) is 4.96. The molecule has 0 aromatic heterocycles. The molecular formula is C16H14OS. The Morgan fingerprint density at radius 3 is 1.44 bits per heavy atom. The highest BCUT2D eigenvalue weighted by Gasteiger charge is 1.94. The van der Waals surface area contributed by atoms with Gasteiger partial charge >= 0.3 is 0 Å². The Morgan fingerprint density at radius 2 is 1.06 bits per heavy atom. The summed E-state index contributed by atoms with van der Waals surface area (Å²) in [5, 5.41) is 3.38. The van der Waals surface area contributed by atoms with Crippen molar-refractivity contribution < 1.29 is 4.55 Å². The fourth-order valence-electron chi connectivity index (χ4n) is 1.46. The zero-order valence-electron chi connectivity index (χ0n) is 9.90. The standard InChI is InChI=1S/C16H14OS/c17-18(13-11-15-7-3-1-4-8-15)14-12-16-9-5-2-6-10-16/h1-14H. The van der Waals surface area contributed by atoms with Crippen LogP contribution in [0.3, 0.4) is 0 Å². The highest BCUT2D eigenvalue weighted by molar-refractivity contribution is 7.97. The monoisotopic (exact) mass is 254 g/mol. The summed E-state index contributed by atoms with van der Waals surface area (Å²) >= 11 is -1.08. The number of rotatable bonds is 4. The Labute approximate surface area is 111 Å². The van der Waals surface area contributed by atoms with Crippen LogP contribution in [-0.2, 0) is 11.2 Å². The summed E-state index contributed by atoms with van der Waals surface area (Å²) in [6, 6.07) is 19.7. The Bertz CT molecular complexity index is 468. The first kappa shape index (κ1) is 12.7. The van der Waals surface area contributed by atoms with Crippen molar-refractivity contribution in [2.24, 2.45) is 0 Å². The Hall–Kier alpha value is -1.77. The lowest BCUT2D eigenvalue weighted by molar-refractivity contribution is 0.612. The molecular weight excluding hydrogens is 240 g/mol. The summed E-state index contributed by atoms with van der Waals surface area (Å²) < 4.78 is 11.7. The van der Waals surface area contributed by atoms with Gasteiger partial charge in [0.05, 0.1) is 0 Å². The van der Waals surface area contributed by atoms with Gasteiger partial charge in [-0.2, -0.15) is 0 Å². The molecule has 0 heterocycles. The van der Waals surface area contributed by atoms with Crippen LogP contribution in [0.15, 0.2) is 71.5 Å². The van der Waals surface area contributed by atoms with Crippen molar-refractivity contribution in [1.29, 1.82) is 0 Å². The Kier molecular flexibility index (Phi) is 4.82. The van der Waals surface area contributed by atoms with Gasteiger partial charge in [0.1, 0.15) is 10.8 Å². The lowest BCUT2D eigenvalue weighted by Gasteiger charge is -1.98. The molecule has 0 saturated heterocycles. The van der Waals surface area contributed by atoms with Gasteiger partial charge in [-0.1, -0.05) is 60.7 Å². The molecule has 1 nitrogen and oxygen atoms in total. The lowest BCUT2D eigenvalue weighted by Crippen LogP contribution is -1.87. The van der Waals surface area contributed by atoms with Gasteiger partial charge in [0.25, 0.3) is 0 Å². The quantitative estimate of drug-likeness (QED) is 0.754. The molecule has 0 aliphatic heterocycles. The predicted molar refractivity (Wildman–Crippen MR) is 79.1 cm³/mol. The van der Waals surface area contributed by atoms with Crippen molar-refractivity contribution in [3.8, 4) is 0 Å². The zero-order valence-corrected chi connectivity index (χ0v) is 10.7. The van der Waals surface area contributed by atoms with Crippen molar-refractivity contribution in [2.75, 3.05) is 0 Å². The van der Waals surface area contributed by atoms with Crippen LogP contribution in [0.2, 0.25) is 0 Å². The van der Waals surface area contributed by atoms with Crippen LogP contribution in [0, 0.1) is 0 Å². The Balaban J connectivity index is 1.95. The van der Waals surface area contributed by atoms with E-state index in [-0.39, 0.29) is 0 Å². The topological polar surface area (TPSA) is 23.1 Å². The Morgan fingerprint density at radius 1 is 0.667 bits per heavy atom. The maximum Gasteiger partial charge on any atom is 0.122 e. The van der Waals surface area contributed by atoms with Gasteiger partial charge in [-0.15, -0.1) is 0 Å². The first-order chi connectivity index (χ1) is 8.84. The van der Waals surface area contributed by atoms with E-state index in [4.69, 9.17) is 0 Å². The average molecular weight is 254 g/mol. The summed E-state index contributed by atoms with van der Waals surface area (Å²) in [6.45, 7) is 0. The van der Waals surface area contributed by atoms with Gasteiger partial charge in [-0.3, -0.25) is 0 Å². The van der Waals surface area contributed by atoms with E-state index < -0.39 is 11.2 Å². The van der Waals surface area contributed by atoms with Crippen molar-refractivity contribution in [1.82, 2.24) is 0 Å². The summed E-state index contributed by atoms with van der Waals surface area (Å²) in [5.74, 6) is 0. The second kappa shape index (κ2) is 6.84. The summed E-state index contributed by atoms with van der Waals surface area (Å²) in [4.78, 5) is 0. The van der Waals surface area contributed by atoms with E-state index in [9.17, 15) is 4.55 Å². The number of hydrogen-bond donors (Lipinski definition) is 0. The average Bonchev–Trinajstić information content (AvgIpc) is 2.45. The van der Waals surface area contributed by atoms with E-state index in [2.05, 4.69) is 0 Å². The molecule has 0 spiro atoms. The molecule has 18 heavy (non-hydrogen) atoms. The molecule has 0 amide bonds. The van der Waals surface area contributed by atoms with Crippen LogP contribution in [0.4, 0.5) is 0 Å². The molecule has 0 bridgehead atoms. The smallest absolute Gasteiger partial charge is 0.122 e. The van der Waals surface area contributed by atoms with Crippen molar-refractivity contribution in [3.63, 3.8) is 0 Å². The van der Waals surface area contributed by atoms with Crippen molar-refractivity contribution >= 4 is 23.3 Å². The highest BCUT2D eigenvalue weighted by Crippen LogP contribution is 2.07. The van der Waals surface area contributed by atoms with E-state index in [1.54, 1.807) is 10.8 Å². The number of hydrogen-bond acceptors (Lipinski definition) is 1. The van der Waals surface area contributed by atoms with Crippen LogP contribution in [0.1, 0.15) is 11.1 Å². The molecule has 2 rings (SSSR count). The van der Waals surface area contributed by atoms with Crippen molar-refractivity contribution in [3.05, 3.63) is 82.6 Å². The van der Waals surface area contributed by atoms with Gasteiger partial charge in [-0.05, 0) is 23.3 Å². The zero-order chi connectivity index (χ0) is 12.6. The molecule has 0 radical (unpaired) electrons. The highest BCUT2D eigenvalue weighted by atomic mass is 32.2. The third-order valence-electron chi connectivity index (χ3n) is 2.39. The van der Waals surface area contributed by atoms with Crippen LogP contribution in [-0.4, -0.2) is 4.55 Å². The molecule has 0 atom stereocenters. The van der Waals surface area contributed by atoms with Gasteiger partial charge in [0.15, 0.2) is 0 Å². The summed E-state index contributed by atoms with van der Waals surface area (Å²) in [5.41, 5.74) is 2.11. The van der Waals surface area contributed by atoms with Gasteiger partial charge in [-0.25, -0.2) is 0 Å². The maximum absolute atomic E-state index is 11.7. The third-order valence-corrected chi connectivity index (χ3v) is 3.20. The fraction of sp³-hybridized carbons (Fsp3) is 0. The first-order valence-electron chi connectivity index (χ1n) is 5.70. The molecule has 0 aliphatic carbocycles. The molecule has 0 saturated carbocycles. The second-order valence-electron chi connectivity index (χ2n) is 3.76. The number of benzene rings is 2. The van der Waals surface area contributed by atoms with Gasteiger partial charge in [0, 0.05) is 11.2 Å². The lowest BCUT2D eigenvalue weighted by atomic mass is 10.2. The summed E-state index contributed by atoms with van der Waals surface area (Å²) in [6.07, 6.45) is 3.73. The minimum Gasteiger partial charge on any atom is -0.607 e. The molecule has 0 unspecified atom stereocenters. The van der Waals surface area contributed by atoms with Gasteiger partial charge in [0.2, 0.25) is 0 Å². The van der Waals surface area contributed by atoms with Crippen LogP contribution >= 0.6 is 0 Å². The minimum atomic E-state index is -1.08.